The maximum atomic E-state index is 15.1. The Balaban J connectivity index is 1.06. The van der Waals surface area contributed by atoms with Crippen LogP contribution in [0.25, 0.3) is 0 Å². The van der Waals surface area contributed by atoms with Crippen molar-refractivity contribution in [2.75, 3.05) is 11.9 Å². The van der Waals surface area contributed by atoms with Crippen molar-refractivity contribution in [3.8, 4) is 0 Å². The summed E-state index contributed by atoms with van der Waals surface area (Å²) in [7, 11) is 0. The van der Waals surface area contributed by atoms with Crippen LogP contribution in [-0.2, 0) is 20.8 Å². The van der Waals surface area contributed by atoms with Gasteiger partial charge in [-0.15, -0.1) is 0 Å². The zero-order valence-electron chi connectivity index (χ0n) is 31.2. The molecule has 11 rings (SSSR count). The van der Waals surface area contributed by atoms with Gasteiger partial charge in [-0.3, -0.25) is 14.4 Å². The standard InChI is InChI=1S/C46H44FN3O7/c47-30-7-5-6-24(15-30)16-36(41(51)49-31-18-28(44(54)55)17-29(19-31)45(56)57)50-43(53)40-38-34-10-3-1-8-32(34)37(33-9-2-4-11-35(33)38)39(40)42(52)48-23-46-20-25-12-26(21-46)14-27(13-25)22-46/h1-11,15,17-19,25-27,36-40H,12-14,16,20-23H2,(H,48,52)(H,49,51)(H,50,53)(H,54,55)(H,56,57)/t25?,26?,27?,36-,37?,38?,39?,40?,46?/m1/s1. The van der Waals surface area contributed by atoms with Crippen LogP contribution >= 0.6 is 0 Å². The van der Waals surface area contributed by atoms with Gasteiger partial charge in [0.05, 0.1) is 23.0 Å². The molecule has 10 nitrogen and oxygen atoms in total. The Labute approximate surface area is 329 Å². The quantitative estimate of drug-likeness (QED) is 0.113. The SMILES string of the molecule is O=C(O)c1cc(NC(=O)[C@@H](Cc2cccc(F)c2)NC(=O)C2C3c4ccccc4C(c4ccccc43)C2C(=O)NCC23CC4CC(CC(C4)C2)C3)cc(C(=O)O)c1. The first-order valence-electron chi connectivity index (χ1n) is 19.9. The number of halogens is 1. The highest BCUT2D eigenvalue weighted by atomic mass is 19.1. The van der Waals surface area contributed by atoms with Crippen molar-refractivity contribution < 1.29 is 38.6 Å². The van der Waals surface area contributed by atoms with Crippen LogP contribution in [0.2, 0.25) is 0 Å². The van der Waals surface area contributed by atoms with E-state index in [1.807, 2.05) is 48.5 Å². The molecule has 0 heterocycles. The first-order valence-corrected chi connectivity index (χ1v) is 19.9. The second kappa shape index (κ2) is 14.3. The number of rotatable bonds is 11. The molecule has 57 heavy (non-hydrogen) atoms. The summed E-state index contributed by atoms with van der Waals surface area (Å²) < 4.78 is 14.4. The number of aromatic carboxylic acids is 2. The molecule has 0 radical (unpaired) electrons. The molecule has 3 atom stereocenters. The van der Waals surface area contributed by atoms with E-state index in [4.69, 9.17) is 0 Å². The minimum absolute atomic E-state index is 0.0677. The van der Waals surface area contributed by atoms with Gasteiger partial charge < -0.3 is 26.2 Å². The third kappa shape index (κ3) is 6.76. The molecule has 3 amide bonds. The second-order valence-corrected chi connectivity index (χ2v) is 17.2. The van der Waals surface area contributed by atoms with E-state index in [1.165, 1.54) is 37.5 Å². The summed E-state index contributed by atoms with van der Waals surface area (Å²) in [5.74, 6) is -5.29. The monoisotopic (exact) mass is 769 g/mol. The van der Waals surface area contributed by atoms with Gasteiger partial charge in [0.2, 0.25) is 17.7 Å². The molecule has 7 aliphatic carbocycles. The molecule has 4 aromatic carbocycles. The van der Waals surface area contributed by atoms with E-state index in [-0.39, 0.29) is 34.6 Å². The van der Waals surface area contributed by atoms with Crippen molar-refractivity contribution in [1.82, 2.24) is 10.6 Å². The number of nitrogens with one attached hydrogen (secondary N) is 3. The van der Waals surface area contributed by atoms with E-state index in [9.17, 15) is 33.8 Å². The number of amides is 3. The number of fused-ring (bicyclic) bond motifs is 1. The average Bonchev–Trinajstić information content (AvgIpc) is 3.18. The highest BCUT2D eigenvalue weighted by Gasteiger charge is 2.56. The fourth-order valence-electron chi connectivity index (χ4n) is 11.8. The molecule has 0 spiro atoms. The molecule has 4 aromatic rings. The molecule has 5 N–H and O–H groups in total. The zero-order chi connectivity index (χ0) is 39.6. The number of hydrogen-bond acceptors (Lipinski definition) is 5. The topological polar surface area (TPSA) is 162 Å². The van der Waals surface area contributed by atoms with Crippen LogP contribution in [0.1, 0.15) is 98.9 Å². The van der Waals surface area contributed by atoms with Crippen molar-refractivity contribution in [1.29, 1.82) is 0 Å². The van der Waals surface area contributed by atoms with Crippen LogP contribution in [0, 0.1) is 40.8 Å². The van der Waals surface area contributed by atoms with E-state index in [0.717, 1.165) is 59.7 Å². The van der Waals surface area contributed by atoms with E-state index < -0.39 is 59.3 Å². The maximum absolute atomic E-state index is 15.1. The average molecular weight is 770 g/mol. The van der Waals surface area contributed by atoms with Crippen molar-refractivity contribution in [2.45, 2.75) is 62.8 Å². The molecular weight excluding hydrogens is 726 g/mol. The highest BCUT2D eigenvalue weighted by Crippen LogP contribution is 2.61. The lowest BCUT2D eigenvalue weighted by Crippen LogP contribution is -2.57. The second-order valence-electron chi connectivity index (χ2n) is 17.2. The summed E-state index contributed by atoms with van der Waals surface area (Å²) in [5, 5.41) is 28.2. The number of carboxylic acids is 2. The molecule has 2 unspecified atom stereocenters. The molecule has 4 fully saturated rings. The summed E-state index contributed by atoms with van der Waals surface area (Å²) in [6, 6.07) is 23.4. The zero-order valence-corrected chi connectivity index (χ0v) is 31.2. The van der Waals surface area contributed by atoms with Crippen molar-refractivity contribution in [3.05, 3.63) is 136 Å². The van der Waals surface area contributed by atoms with Crippen molar-refractivity contribution >= 4 is 35.3 Å². The molecule has 6 bridgehead atoms. The Bertz CT molecular complexity index is 2210. The van der Waals surface area contributed by atoms with Gasteiger partial charge in [-0.25, -0.2) is 14.0 Å². The Hall–Kier alpha value is -5.84. The first kappa shape index (κ1) is 36.8. The Morgan fingerprint density at radius 3 is 1.67 bits per heavy atom. The van der Waals surface area contributed by atoms with E-state index >= 15 is 4.79 Å². The van der Waals surface area contributed by atoms with Gasteiger partial charge in [0, 0.05) is 30.5 Å². The van der Waals surface area contributed by atoms with E-state index in [0.29, 0.717) is 29.9 Å². The molecular formula is C46H44FN3O7. The van der Waals surface area contributed by atoms with Crippen LogP contribution in [0.5, 0.6) is 0 Å². The van der Waals surface area contributed by atoms with Gasteiger partial charge in [-0.2, -0.15) is 0 Å². The number of carbonyl (C=O) groups is 5. The van der Waals surface area contributed by atoms with Gasteiger partial charge in [0.15, 0.2) is 0 Å². The van der Waals surface area contributed by atoms with E-state index in [1.54, 1.807) is 6.07 Å². The van der Waals surface area contributed by atoms with Gasteiger partial charge in [-0.1, -0.05) is 60.7 Å². The molecule has 11 heteroatoms. The lowest BCUT2D eigenvalue weighted by atomic mass is 9.49. The van der Waals surface area contributed by atoms with Crippen LogP contribution < -0.4 is 16.0 Å². The number of carboxylic acid groups (broad SMARTS) is 2. The van der Waals surface area contributed by atoms with Crippen LogP contribution in [0.3, 0.4) is 0 Å². The van der Waals surface area contributed by atoms with E-state index in [2.05, 4.69) is 16.0 Å². The predicted octanol–water partition coefficient (Wildman–Crippen LogP) is 6.74. The number of hydrogen-bond donors (Lipinski definition) is 5. The van der Waals surface area contributed by atoms with Crippen LogP contribution in [0.15, 0.2) is 91.0 Å². The Morgan fingerprint density at radius 2 is 1.18 bits per heavy atom. The highest BCUT2D eigenvalue weighted by molar-refractivity contribution is 6.02. The Morgan fingerprint density at radius 1 is 0.667 bits per heavy atom. The van der Waals surface area contributed by atoms with Crippen LogP contribution in [-0.4, -0.2) is 52.5 Å². The number of carbonyl (C=O) groups excluding carboxylic acids is 3. The van der Waals surface area contributed by atoms with Crippen LogP contribution in [0.4, 0.5) is 10.1 Å². The maximum Gasteiger partial charge on any atom is 0.335 e. The summed E-state index contributed by atoms with van der Waals surface area (Å²) in [5.41, 5.74) is 3.57. The fraction of sp³-hybridized carbons (Fsp3) is 0.370. The summed E-state index contributed by atoms with van der Waals surface area (Å²) in [4.78, 5) is 67.8. The number of anilines is 1. The summed E-state index contributed by atoms with van der Waals surface area (Å²) in [6.45, 7) is 0.569. The lowest BCUT2D eigenvalue weighted by Gasteiger charge is -2.57. The van der Waals surface area contributed by atoms with Gasteiger partial charge in [0.1, 0.15) is 11.9 Å². The Kier molecular flexibility index (Phi) is 9.21. The third-order valence-corrected chi connectivity index (χ3v) is 13.5. The van der Waals surface area contributed by atoms with Crippen molar-refractivity contribution in [3.63, 3.8) is 0 Å². The molecule has 0 aliphatic heterocycles. The van der Waals surface area contributed by atoms with Gasteiger partial charge in [0.25, 0.3) is 0 Å². The molecule has 4 saturated carbocycles. The van der Waals surface area contributed by atoms with Crippen molar-refractivity contribution in [2.24, 2.45) is 35.0 Å². The predicted molar refractivity (Wildman–Crippen MR) is 208 cm³/mol. The molecule has 7 aliphatic rings. The minimum Gasteiger partial charge on any atom is -0.478 e. The van der Waals surface area contributed by atoms with Gasteiger partial charge in [-0.05, 0) is 120 Å². The molecule has 0 saturated heterocycles. The third-order valence-electron chi connectivity index (χ3n) is 13.5. The summed E-state index contributed by atoms with van der Waals surface area (Å²) >= 11 is 0. The smallest absolute Gasteiger partial charge is 0.335 e. The normalized spacial score (nSPS) is 27.8. The minimum atomic E-state index is -1.39. The lowest BCUT2D eigenvalue weighted by molar-refractivity contribution is -0.139. The first-order chi connectivity index (χ1) is 27.4. The molecule has 0 aromatic heterocycles. The molecule has 292 valence electrons. The fourth-order valence-corrected chi connectivity index (χ4v) is 11.8. The largest absolute Gasteiger partial charge is 0.478 e. The summed E-state index contributed by atoms with van der Waals surface area (Å²) in [6.07, 6.45) is 7.06. The van der Waals surface area contributed by atoms with Gasteiger partial charge >= 0.3 is 11.9 Å². The number of benzene rings is 4.